The van der Waals surface area contributed by atoms with E-state index < -0.39 is 4.92 Å². The van der Waals surface area contributed by atoms with E-state index in [1.807, 2.05) is 6.92 Å². The van der Waals surface area contributed by atoms with Gasteiger partial charge < -0.3 is 4.74 Å². The van der Waals surface area contributed by atoms with Crippen LogP contribution in [0.25, 0.3) is 0 Å². The highest BCUT2D eigenvalue weighted by atomic mass is 16.6. The Bertz CT molecular complexity index is 388. The molecule has 1 rings (SSSR count). The van der Waals surface area contributed by atoms with Crippen molar-refractivity contribution in [2.24, 2.45) is 4.99 Å². The molecule has 0 saturated carbocycles. The summed E-state index contributed by atoms with van der Waals surface area (Å²) in [5.74, 6) is 0. The summed E-state index contributed by atoms with van der Waals surface area (Å²) in [5.41, 5.74) is 1.16. The summed E-state index contributed by atoms with van der Waals surface area (Å²) in [6.45, 7) is 4.03. The van der Waals surface area contributed by atoms with Gasteiger partial charge in [-0.1, -0.05) is 6.07 Å². The number of nitro benzene ring substituents is 1. The van der Waals surface area contributed by atoms with Gasteiger partial charge in [-0.05, 0) is 19.9 Å². The van der Waals surface area contributed by atoms with Crippen molar-refractivity contribution in [1.29, 1.82) is 0 Å². The Labute approximate surface area is 87.6 Å². The van der Waals surface area contributed by atoms with Crippen molar-refractivity contribution in [3.8, 4) is 0 Å². The SMILES string of the molecule is CCOC=Nc1cccc([N+](=O)[O-])c1C. The topological polar surface area (TPSA) is 64.7 Å². The zero-order chi connectivity index (χ0) is 11.3. The first kappa shape index (κ1) is 11.2. The predicted molar refractivity (Wildman–Crippen MR) is 57.6 cm³/mol. The molecule has 0 aromatic heterocycles. The molecular weight excluding hydrogens is 196 g/mol. The van der Waals surface area contributed by atoms with Crippen LogP contribution in [0.2, 0.25) is 0 Å². The lowest BCUT2D eigenvalue weighted by Gasteiger charge is -2.00. The fourth-order valence-electron chi connectivity index (χ4n) is 1.12. The fourth-order valence-corrected chi connectivity index (χ4v) is 1.12. The van der Waals surface area contributed by atoms with E-state index in [0.717, 1.165) is 0 Å². The Kier molecular flexibility index (Phi) is 3.79. The van der Waals surface area contributed by atoms with Gasteiger partial charge in [0.05, 0.1) is 22.8 Å². The van der Waals surface area contributed by atoms with Crippen LogP contribution in [0.5, 0.6) is 0 Å². The maximum atomic E-state index is 10.6. The van der Waals surface area contributed by atoms with Crippen LogP contribution < -0.4 is 0 Å². The molecule has 1 aromatic carbocycles. The summed E-state index contributed by atoms with van der Waals surface area (Å²) in [5, 5.41) is 10.6. The van der Waals surface area contributed by atoms with Gasteiger partial charge in [0.2, 0.25) is 0 Å². The van der Waals surface area contributed by atoms with E-state index in [1.165, 1.54) is 12.5 Å². The Balaban J connectivity index is 2.99. The minimum absolute atomic E-state index is 0.0705. The lowest BCUT2D eigenvalue weighted by atomic mass is 10.1. The van der Waals surface area contributed by atoms with Gasteiger partial charge in [-0.25, -0.2) is 4.99 Å². The van der Waals surface area contributed by atoms with E-state index in [1.54, 1.807) is 19.1 Å². The second-order valence-electron chi connectivity index (χ2n) is 2.87. The quantitative estimate of drug-likeness (QED) is 0.330. The van der Waals surface area contributed by atoms with E-state index in [0.29, 0.717) is 17.9 Å². The number of hydrogen-bond donors (Lipinski definition) is 0. The predicted octanol–water partition coefficient (Wildman–Crippen LogP) is 2.60. The van der Waals surface area contributed by atoms with Crippen LogP contribution >= 0.6 is 0 Å². The molecule has 0 aliphatic heterocycles. The van der Waals surface area contributed by atoms with Crippen LogP contribution in [0.4, 0.5) is 11.4 Å². The smallest absolute Gasteiger partial charge is 0.274 e. The van der Waals surface area contributed by atoms with E-state index in [4.69, 9.17) is 4.74 Å². The van der Waals surface area contributed by atoms with E-state index in [-0.39, 0.29) is 5.69 Å². The second-order valence-corrected chi connectivity index (χ2v) is 2.87. The fraction of sp³-hybridized carbons (Fsp3) is 0.300. The first-order chi connectivity index (χ1) is 7.16. The number of ether oxygens (including phenoxy) is 1. The van der Waals surface area contributed by atoms with E-state index >= 15 is 0 Å². The van der Waals surface area contributed by atoms with Gasteiger partial charge in [0, 0.05) is 6.07 Å². The van der Waals surface area contributed by atoms with E-state index in [9.17, 15) is 10.1 Å². The number of nitro groups is 1. The van der Waals surface area contributed by atoms with Gasteiger partial charge in [-0.15, -0.1) is 0 Å². The molecule has 1 aromatic rings. The standard InChI is InChI=1S/C10H12N2O3/c1-3-15-7-11-9-5-4-6-10(8(9)2)12(13)14/h4-7H,3H2,1-2H3. The molecule has 0 spiro atoms. The molecular formula is C10H12N2O3. The highest BCUT2D eigenvalue weighted by Crippen LogP contribution is 2.26. The zero-order valence-electron chi connectivity index (χ0n) is 8.64. The molecule has 0 bridgehead atoms. The molecule has 0 saturated heterocycles. The highest BCUT2D eigenvalue weighted by Gasteiger charge is 2.11. The van der Waals surface area contributed by atoms with Crippen molar-refractivity contribution in [3.05, 3.63) is 33.9 Å². The largest absolute Gasteiger partial charge is 0.483 e. The Hall–Kier alpha value is -1.91. The summed E-state index contributed by atoms with van der Waals surface area (Å²) >= 11 is 0. The number of hydrogen-bond acceptors (Lipinski definition) is 4. The second kappa shape index (κ2) is 5.09. The number of rotatable bonds is 4. The van der Waals surface area contributed by atoms with Crippen LogP contribution in [-0.4, -0.2) is 17.9 Å². The van der Waals surface area contributed by atoms with Crippen LogP contribution in [-0.2, 0) is 4.74 Å². The van der Waals surface area contributed by atoms with Gasteiger partial charge in [-0.3, -0.25) is 10.1 Å². The lowest BCUT2D eigenvalue weighted by Crippen LogP contribution is -1.91. The normalized spacial score (nSPS) is 10.5. The molecule has 0 N–H and O–H groups in total. The number of aliphatic imine (C=N–C) groups is 1. The molecule has 0 unspecified atom stereocenters. The van der Waals surface area contributed by atoms with Gasteiger partial charge in [0.25, 0.3) is 5.69 Å². The van der Waals surface area contributed by atoms with Crippen molar-refractivity contribution < 1.29 is 9.66 Å². The van der Waals surface area contributed by atoms with Crippen LogP contribution in [0.3, 0.4) is 0 Å². The van der Waals surface area contributed by atoms with Crippen molar-refractivity contribution in [1.82, 2.24) is 0 Å². The minimum Gasteiger partial charge on any atom is -0.483 e. The average molecular weight is 208 g/mol. The first-order valence-electron chi connectivity index (χ1n) is 4.55. The van der Waals surface area contributed by atoms with Gasteiger partial charge in [0.15, 0.2) is 6.40 Å². The summed E-state index contributed by atoms with van der Waals surface area (Å²) in [7, 11) is 0. The molecule has 5 nitrogen and oxygen atoms in total. The summed E-state index contributed by atoms with van der Waals surface area (Å²) in [6, 6.07) is 4.76. The third-order valence-electron chi connectivity index (χ3n) is 1.91. The molecule has 80 valence electrons. The highest BCUT2D eigenvalue weighted by molar-refractivity contribution is 5.62. The zero-order valence-corrected chi connectivity index (χ0v) is 8.64. The average Bonchev–Trinajstić information content (AvgIpc) is 2.20. The molecule has 0 aliphatic carbocycles. The molecule has 0 heterocycles. The Morgan fingerprint density at radius 3 is 2.93 bits per heavy atom. The molecule has 0 atom stereocenters. The monoisotopic (exact) mass is 208 g/mol. The van der Waals surface area contributed by atoms with Crippen molar-refractivity contribution >= 4 is 17.8 Å². The molecule has 0 aliphatic rings. The number of benzene rings is 1. The lowest BCUT2D eigenvalue weighted by molar-refractivity contribution is -0.385. The summed E-state index contributed by atoms with van der Waals surface area (Å²) in [4.78, 5) is 14.2. The van der Waals surface area contributed by atoms with Crippen molar-refractivity contribution in [3.63, 3.8) is 0 Å². The summed E-state index contributed by atoms with van der Waals surface area (Å²) in [6.07, 6.45) is 1.30. The van der Waals surface area contributed by atoms with Crippen LogP contribution in [0.15, 0.2) is 23.2 Å². The first-order valence-corrected chi connectivity index (χ1v) is 4.55. The van der Waals surface area contributed by atoms with E-state index in [2.05, 4.69) is 4.99 Å². The van der Waals surface area contributed by atoms with Gasteiger partial charge in [0.1, 0.15) is 0 Å². The molecule has 0 fully saturated rings. The maximum Gasteiger partial charge on any atom is 0.274 e. The van der Waals surface area contributed by atoms with Gasteiger partial charge in [-0.2, -0.15) is 0 Å². The third kappa shape index (κ3) is 2.77. The third-order valence-corrected chi connectivity index (χ3v) is 1.91. The molecule has 5 heteroatoms. The molecule has 0 radical (unpaired) electrons. The van der Waals surface area contributed by atoms with Gasteiger partial charge >= 0.3 is 0 Å². The summed E-state index contributed by atoms with van der Waals surface area (Å²) < 4.78 is 4.93. The minimum atomic E-state index is -0.422. The molecule has 0 amide bonds. The van der Waals surface area contributed by atoms with Crippen molar-refractivity contribution in [2.75, 3.05) is 6.61 Å². The van der Waals surface area contributed by atoms with Crippen LogP contribution in [0.1, 0.15) is 12.5 Å². The maximum absolute atomic E-state index is 10.6. The molecule has 15 heavy (non-hydrogen) atoms. The Morgan fingerprint density at radius 1 is 1.60 bits per heavy atom. The van der Waals surface area contributed by atoms with Crippen molar-refractivity contribution in [2.45, 2.75) is 13.8 Å². The van der Waals surface area contributed by atoms with Crippen LogP contribution in [0, 0.1) is 17.0 Å². The Morgan fingerprint density at radius 2 is 2.33 bits per heavy atom. The number of nitrogens with zero attached hydrogens (tertiary/aromatic N) is 2.